The van der Waals surface area contributed by atoms with Crippen LogP contribution in [-0.4, -0.2) is 55.3 Å². The minimum atomic E-state index is -5.93. The normalized spacial score (nSPS) is 19.7. The number of rotatable bonds is 6. The largest absolute Gasteiger partial charge is 0.426 e. The van der Waals surface area contributed by atoms with Crippen molar-refractivity contribution < 1.29 is 44.3 Å². The summed E-state index contributed by atoms with van der Waals surface area (Å²) in [4.78, 5) is 6.78. The van der Waals surface area contributed by atoms with Gasteiger partial charge in [-0.1, -0.05) is 6.08 Å². The number of aliphatic hydroxyl groups is 1. The van der Waals surface area contributed by atoms with Crippen LogP contribution < -0.4 is 10.5 Å². The molecule has 0 aromatic carbocycles. The number of nitrogens with one attached hydrogen (secondary N) is 1. The highest BCUT2D eigenvalue weighted by molar-refractivity contribution is 7.89. The van der Waals surface area contributed by atoms with E-state index in [0.29, 0.717) is 12.1 Å². The van der Waals surface area contributed by atoms with Gasteiger partial charge >= 0.3 is 12.4 Å². The van der Waals surface area contributed by atoms with Gasteiger partial charge in [0.2, 0.25) is 10.0 Å². The molecule has 31 heavy (non-hydrogen) atoms. The Labute approximate surface area is 171 Å². The van der Waals surface area contributed by atoms with Crippen LogP contribution in [0.4, 0.5) is 36.6 Å². The SMILES string of the molecule is Nc1ncc(S(=O)(=O)NCCN=C2C=CC(C(O)(C(F)(F)F)C(F)(F)F)CC2)cc1F. The lowest BCUT2D eigenvalue weighted by Gasteiger charge is -2.38. The lowest BCUT2D eigenvalue weighted by molar-refractivity contribution is -0.380. The van der Waals surface area contributed by atoms with Crippen molar-refractivity contribution in [2.24, 2.45) is 10.9 Å². The second kappa shape index (κ2) is 8.70. The number of hydrogen-bond acceptors (Lipinski definition) is 6. The Morgan fingerprint density at radius 1 is 1.23 bits per heavy atom. The summed E-state index contributed by atoms with van der Waals surface area (Å²) < 4.78 is 117. The molecule has 1 aliphatic carbocycles. The van der Waals surface area contributed by atoms with Crippen molar-refractivity contribution in [3.63, 3.8) is 0 Å². The van der Waals surface area contributed by atoms with E-state index < -0.39 is 56.8 Å². The Hall–Kier alpha value is -2.26. The smallest absolute Gasteiger partial charge is 0.381 e. The minimum Gasteiger partial charge on any atom is -0.381 e. The molecule has 15 heteroatoms. The number of pyridine rings is 1. The lowest BCUT2D eigenvalue weighted by atomic mass is 9.79. The number of hydrogen-bond donors (Lipinski definition) is 3. The molecular formula is C16H17F7N4O3S. The Morgan fingerprint density at radius 2 is 1.84 bits per heavy atom. The highest BCUT2D eigenvalue weighted by atomic mass is 32.2. The van der Waals surface area contributed by atoms with Crippen LogP contribution in [0.15, 0.2) is 34.3 Å². The highest BCUT2D eigenvalue weighted by Gasteiger charge is 2.73. The van der Waals surface area contributed by atoms with E-state index in [2.05, 4.69) is 14.7 Å². The zero-order valence-electron chi connectivity index (χ0n) is 15.5. The van der Waals surface area contributed by atoms with Gasteiger partial charge in [-0.25, -0.2) is 22.5 Å². The van der Waals surface area contributed by atoms with Gasteiger partial charge < -0.3 is 10.8 Å². The number of aliphatic imine (C=N–C) groups is 1. The monoisotopic (exact) mass is 478 g/mol. The van der Waals surface area contributed by atoms with Gasteiger partial charge in [0.05, 0.1) is 6.54 Å². The second-order valence-electron chi connectivity index (χ2n) is 6.58. The van der Waals surface area contributed by atoms with Crippen LogP contribution in [0, 0.1) is 11.7 Å². The molecule has 0 radical (unpaired) electrons. The fraction of sp³-hybridized carbons (Fsp3) is 0.500. The molecular weight excluding hydrogens is 461 g/mol. The average molecular weight is 478 g/mol. The predicted octanol–water partition coefficient (Wildman–Crippen LogP) is 2.34. The van der Waals surface area contributed by atoms with E-state index >= 15 is 0 Å². The number of anilines is 1. The molecule has 2 rings (SSSR count). The first-order valence-electron chi connectivity index (χ1n) is 8.57. The van der Waals surface area contributed by atoms with Crippen LogP contribution in [0.25, 0.3) is 0 Å². The van der Waals surface area contributed by atoms with Crippen molar-refractivity contribution in [1.29, 1.82) is 0 Å². The number of sulfonamides is 1. The Bertz CT molecular complexity index is 960. The number of allylic oxidation sites excluding steroid dienone is 1. The van der Waals surface area contributed by atoms with Crippen LogP contribution in [-0.2, 0) is 10.0 Å². The van der Waals surface area contributed by atoms with E-state index in [9.17, 15) is 44.3 Å². The molecule has 0 amide bonds. The number of halogens is 7. The molecule has 1 heterocycles. The molecule has 1 aromatic heterocycles. The van der Waals surface area contributed by atoms with E-state index in [4.69, 9.17) is 5.73 Å². The van der Waals surface area contributed by atoms with Crippen molar-refractivity contribution >= 4 is 21.6 Å². The number of nitrogens with two attached hydrogens (primary N) is 1. The molecule has 174 valence electrons. The Kier molecular flexibility index (Phi) is 7.02. The summed E-state index contributed by atoms with van der Waals surface area (Å²) in [6.45, 7) is -0.485. The number of nitrogen functional groups attached to an aromatic ring is 1. The number of alkyl halides is 6. The predicted molar refractivity (Wildman–Crippen MR) is 95.0 cm³/mol. The molecule has 1 aromatic rings. The third kappa shape index (κ3) is 5.33. The first-order chi connectivity index (χ1) is 14.1. The first kappa shape index (κ1) is 25.0. The van der Waals surface area contributed by atoms with Gasteiger partial charge in [-0.3, -0.25) is 4.99 Å². The quantitative estimate of drug-likeness (QED) is 0.429. The van der Waals surface area contributed by atoms with Crippen LogP contribution in [0.3, 0.4) is 0 Å². The standard InChI is InChI=1S/C16H17F7N4O3S/c17-12-7-11(8-26-13(12)24)31(29,30)27-6-5-25-10-3-1-9(2-4-10)14(28,15(18,19)20)16(21,22)23/h1,3,7-9,27-28H,2,4-6H2,(H2,24,26). The molecule has 0 aliphatic heterocycles. The molecule has 1 atom stereocenters. The fourth-order valence-corrected chi connectivity index (χ4v) is 3.79. The van der Waals surface area contributed by atoms with Crippen LogP contribution >= 0.6 is 0 Å². The molecule has 0 fully saturated rings. The Balaban J connectivity index is 2.01. The zero-order valence-corrected chi connectivity index (χ0v) is 16.3. The average Bonchev–Trinajstić information content (AvgIpc) is 2.65. The molecule has 1 unspecified atom stereocenters. The first-order valence-corrected chi connectivity index (χ1v) is 10.1. The van der Waals surface area contributed by atoms with E-state index in [0.717, 1.165) is 12.3 Å². The summed E-state index contributed by atoms with van der Waals surface area (Å²) in [5, 5.41) is 9.39. The van der Waals surface area contributed by atoms with E-state index in [-0.39, 0.29) is 25.2 Å². The number of nitrogens with zero attached hydrogens (tertiary/aromatic N) is 2. The summed E-state index contributed by atoms with van der Waals surface area (Å²) in [6, 6.07) is 0.656. The lowest BCUT2D eigenvalue weighted by Crippen LogP contribution is -2.61. The molecule has 0 bridgehead atoms. The molecule has 4 N–H and O–H groups in total. The van der Waals surface area contributed by atoms with Crippen molar-refractivity contribution in [2.45, 2.75) is 35.7 Å². The summed E-state index contributed by atoms with van der Waals surface area (Å²) in [5.74, 6) is -3.78. The van der Waals surface area contributed by atoms with E-state index in [1.807, 2.05) is 0 Å². The van der Waals surface area contributed by atoms with Crippen molar-refractivity contribution in [1.82, 2.24) is 9.71 Å². The fourth-order valence-electron chi connectivity index (χ4n) is 2.81. The Morgan fingerprint density at radius 3 is 2.32 bits per heavy atom. The van der Waals surface area contributed by atoms with Crippen molar-refractivity contribution in [2.75, 3.05) is 18.8 Å². The summed E-state index contributed by atoms with van der Waals surface area (Å²) >= 11 is 0. The van der Waals surface area contributed by atoms with Gasteiger partial charge in [0.15, 0.2) is 11.6 Å². The molecule has 0 spiro atoms. The van der Waals surface area contributed by atoms with Crippen LogP contribution in [0.1, 0.15) is 12.8 Å². The summed E-state index contributed by atoms with van der Waals surface area (Å²) in [7, 11) is -4.14. The van der Waals surface area contributed by atoms with Gasteiger partial charge in [0.1, 0.15) is 4.90 Å². The van der Waals surface area contributed by atoms with Gasteiger partial charge in [-0.15, -0.1) is 0 Å². The summed E-state index contributed by atoms with van der Waals surface area (Å²) in [5.41, 5.74) is 0.393. The van der Waals surface area contributed by atoms with Crippen LogP contribution in [0.5, 0.6) is 0 Å². The maximum absolute atomic E-state index is 13.3. The van der Waals surface area contributed by atoms with Gasteiger partial charge in [-0.2, -0.15) is 26.3 Å². The van der Waals surface area contributed by atoms with E-state index in [1.165, 1.54) is 0 Å². The maximum atomic E-state index is 13.3. The van der Waals surface area contributed by atoms with Crippen molar-refractivity contribution in [3.05, 3.63) is 30.2 Å². The molecule has 0 saturated carbocycles. The molecule has 1 aliphatic rings. The topological polar surface area (TPSA) is 118 Å². The third-order valence-corrected chi connectivity index (χ3v) is 5.94. The zero-order chi connectivity index (χ0) is 23.7. The van der Waals surface area contributed by atoms with Gasteiger partial charge in [-0.05, 0) is 25.0 Å². The second-order valence-corrected chi connectivity index (χ2v) is 8.34. The van der Waals surface area contributed by atoms with E-state index in [1.54, 1.807) is 0 Å². The molecule has 7 nitrogen and oxygen atoms in total. The van der Waals surface area contributed by atoms with Gasteiger partial charge in [0, 0.05) is 24.4 Å². The number of aromatic nitrogens is 1. The molecule has 0 saturated heterocycles. The van der Waals surface area contributed by atoms with Crippen LogP contribution in [0.2, 0.25) is 0 Å². The maximum Gasteiger partial charge on any atom is 0.426 e. The third-order valence-electron chi connectivity index (χ3n) is 4.51. The highest BCUT2D eigenvalue weighted by Crippen LogP contribution is 2.50. The summed E-state index contributed by atoms with van der Waals surface area (Å²) in [6.07, 6.45) is -10.5. The van der Waals surface area contributed by atoms with Crippen molar-refractivity contribution in [3.8, 4) is 0 Å². The minimum absolute atomic E-state index is 0.127. The van der Waals surface area contributed by atoms with Gasteiger partial charge in [0.25, 0.3) is 5.60 Å².